The van der Waals surface area contributed by atoms with Crippen LogP contribution in [0.4, 0.5) is 4.39 Å². The summed E-state index contributed by atoms with van der Waals surface area (Å²) in [7, 11) is 0. The van der Waals surface area contributed by atoms with Gasteiger partial charge in [-0.25, -0.2) is 14.8 Å². The third-order valence-corrected chi connectivity index (χ3v) is 8.31. The van der Waals surface area contributed by atoms with Crippen LogP contribution in [0.3, 0.4) is 0 Å². The summed E-state index contributed by atoms with van der Waals surface area (Å²) in [4.78, 5) is 15.3. The zero-order valence-electron chi connectivity index (χ0n) is 20.8. The first kappa shape index (κ1) is 23.0. The second-order valence-corrected chi connectivity index (χ2v) is 10.7. The van der Waals surface area contributed by atoms with Gasteiger partial charge in [0, 0.05) is 60.8 Å². The van der Waals surface area contributed by atoms with E-state index in [1.165, 1.54) is 43.1 Å². The standard InChI is InChI=1S/C29H32FN7/c30-21-5-3-4-19(11-21)22-6-7-32-29-23(22)12-26(34-29)28-24-13-25(33-16-27(24)35-36-28)20-10-18(14-31-15-20)17-37-8-1-2-9-37/h3-7,10-12,14-15,24-25,27-28,33,35-36H,1-2,8-9,13,16-17H2,(H,32,34). The molecule has 0 aliphatic carbocycles. The smallest absolute Gasteiger partial charge is 0.138 e. The lowest BCUT2D eigenvalue weighted by Gasteiger charge is -2.34. The maximum Gasteiger partial charge on any atom is 0.138 e. The number of nitrogens with one attached hydrogen (secondary N) is 4. The third-order valence-electron chi connectivity index (χ3n) is 8.31. The number of rotatable bonds is 5. The van der Waals surface area contributed by atoms with Crippen LogP contribution >= 0.6 is 0 Å². The van der Waals surface area contributed by atoms with E-state index in [4.69, 9.17) is 0 Å². The highest BCUT2D eigenvalue weighted by Gasteiger charge is 2.42. The molecule has 3 saturated heterocycles. The van der Waals surface area contributed by atoms with E-state index < -0.39 is 0 Å². The Morgan fingerprint density at radius 2 is 1.95 bits per heavy atom. The van der Waals surface area contributed by atoms with Crippen molar-refractivity contribution in [2.45, 2.75) is 43.9 Å². The van der Waals surface area contributed by atoms with Gasteiger partial charge in [-0.1, -0.05) is 12.1 Å². The van der Waals surface area contributed by atoms with Gasteiger partial charge in [0.2, 0.25) is 0 Å². The summed E-state index contributed by atoms with van der Waals surface area (Å²) in [5.74, 6) is 0.168. The van der Waals surface area contributed by atoms with Crippen molar-refractivity contribution >= 4 is 11.0 Å². The topological polar surface area (TPSA) is 80.9 Å². The quantitative estimate of drug-likeness (QED) is 0.331. The Bertz CT molecular complexity index is 1410. The molecule has 1 aromatic carbocycles. The first-order valence-corrected chi connectivity index (χ1v) is 13.4. The molecule has 7 nitrogen and oxygen atoms in total. The van der Waals surface area contributed by atoms with Crippen molar-refractivity contribution in [3.05, 3.63) is 83.7 Å². The Hall–Kier alpha value is -3.17. The minimum Gasteiger partial charge on any atom is -0.342 e. The number of H-pyrrole nitrogens is 1. The molecule has 0 spiro atoms. The van der Waals surface area contributed by atoms with E-state index in [0.717, 1.165) is 47.4 Å². The summed E-state index contributed by atoms with van der Waals surface area (Å²) >= 11 is 0. The lowest BCUT2D eigenvalue weighted by atomic mass is 9.81. The number of benzene rings is 1. The molecule has 8 heteroatoms. The molecule has 0 amide bonds. The fourth-order valence-corrected chi connectivity index (χ4v) is 6.44. The van der Waals surface area contributed by atoms with Crippen LogP contribution in [-0.4, -0.2) is 45.5 Å². The molecule has 3 aromatic heterocycles. The molecule has 6 heterocycles. The summed E-state index contributed by atoms with van der Waals surface area (Å²) in [5, 5.41) is 4.76. The average Bonchev–Trinajstić information content (AvgIpc) is 3.67. The van der Waals surface area contributed by atoms with Gasteiger partial charge < -0.3 is 10.3 Å². The molecule has 4 N–H and O–H groups in total. The largest absolute Gasteiger partial charge is 0.342 e. The molecule has 0 radical (unpaired) electrons. The number of nitrogens with zero attached hydrogens (tertiary/aromatic N) is 3. The molecule has 3 fully saturated rings. The number of pyridine rings is 2. The van der Waals surface area contributed by atoms with Crippen LogP contribution in [0.15, 0.2) is 61.1 Å². The van der Waals surface area contributed by atoms with Crippen molar-refractivity contribution in [3.63, 3.8) is 0 Å². The zero-order valence-corrected chi connectivity index (χ0v) is 20.8. The van der Waals surface area contributed by atoms with Crippen LogP contribution in [0.1, 0.15) is 48.2 Å². The number of hydrazine groups is 1. The molecule has 0 saturated carbocycles. The Labute approximate surface area is 215 Å². The molecule has 4 unspecified atom stereocenters. The van der Waals surface area contributed by atoms with Crippen LogP contribution < -0.4 is 16.2 Å². The van der Waals surface area contributed by atoms with Gasteiger partial charge in [0.05, 0.1) is 6.04 Å². The highest BCUT2D eigenvalue weighted by Crippen LogP contribution is 2.40. The summed E-state index contributed by atoms with van der Waals surface area (Å²) < 4.78 is 13.9. The SMILES string of the molecule is Fc1cccc(-c2ccnc3[nH]c(C4NNC5CNC(c6cncc(CN7CCCC7)c6)CC54)cc23)c1. The number of hydrogen-bond acceptors (Lipinski definition) is 6. The van der Waals surface area contributed by atoms with Gasteiger partial charge in [0.15, 0.2) is 0 Å². The van der Waals surface area contributed by atoms with Gasteiger partial charge in [0.25, 0.3) is 0 Å². The van der Waals surface area contributed by atoms with Crippen molar-refractivity contribution in [1.82, 2.24) is 36.0 Å². The van der Waals surface area contributed by atoms with E-state index in [1.54, 1.807) is 18.3 Å². The first-order valence-electron chi connectivity index (χ1n) is 13.4. The van der Waals surface area contributed by atoms with Crippen LogP contribution in [-0.2, 0) is 6.54 Å². The maximum atomic E-state index is 13.9. The lowest BCUT2D eigenvalue weighted by Crippen LogP contribution is -2.46. The van der Waals surface area contributed by atoms with E-state index in [-0.39, 0.29) is 17.9 Å². The fourth-order valence-electron chi connectivity index (χ4n) is 6.44. The van der Waals surface area contributed by atoms with Crippen LogP contribution in [0, 0.1) is 11.7 Å². The summed E-state index contributed by atoms with van der Waals surface area (Å²) in [6.45, 7) is 4.26. The fraction of sp³-hybridized carbons (Fsp3) is 0.379. The van der Waals surface area contributed by atoms with Crippen molar-refractivity contribution in [2.24, 2.45) is 5.92 Å². The molecule has 4 atom stereocenters. The molecule has 3 aliphatic rings. The average molecular weight is 498 g/mol. The number of halogens is 1. The summed E-state index contributed by atoms with van der Waals surface area (Å²) in [6, 6.07) is 14.0. The molecular weight excluding hydrogens is 465 g/mol. The van der Waals surface area contributed by atoms with Crippen LogP contribution in [0.5, 0.6) is 0 Å². The van der Waals surface area contributed by atoms with Crippen LogP contribution in [0.2, 0.25) is 0 Å². The summed E-state index contributed by atoms with van der Waals surface area (Å²) in [6.07, 6.45) is 9.43. The maximum absolute atomic E-state index is 13.9. The molecular formula is C29H32FN7. The normalized spacial score (nSPS) is 26.1. The zero-order chi connectivity index (χ0) is 24.8. The van der Waals surface area contributed by atoms with Crippen molar-refractivity contribution in [2.75, 3.05) is 19.6 Å². The first-order chi connectivity index (χ1) is 18.2. The Balaban J connectivity index is 1.14. The van der Waals surface area contributed by atoms with E-state index in [0.29, 0.717) is 12.0 Å². The van der Waals surface area contributed by atoms with E-state index in [2.05, 4.69) is 48.2 Å². The van der Waals surface area contributed by atoms with E-state index >= 15 is 0 Å². The van der Waals surface area contributed by atoms with Crippen molar-refractivity contribution in [3.8, 4) is 11.1 Å². The number of hydrogen-bond donors (Lipinski definition) is 4. The number of likely N-dealkylation sites (tertiary alicyclic amines) is 1. The van der Waals surface area contributed by atoms with E-state index in [1.807, 2.05) is 24.5 Å². The van der Waals surface area contributed by atoms with Gasteiger partial charge >= 0.3 is 0 Å². The number of fused-ring (bicyclic) bond motifs is 2. The van der Waals surface area contributed by atoms with Gasteiger partial charge in [-0.3, -0.25) is 15.3 Å². The highest BCUT2D eigenvalue weighted by molar-refractivity contribution is 5.93. The van der Waals surface area contributed by atoms with Gasteiger partial charge in [0.1, 0.15) is 11.5 Å². The monoisotopic (exact) mass is 497 g/mol. The van der Waals surface area contributed by atoms with Gasteiger partial charge in [-0.05, 0) is 84.9 Å². The molecule has 7 rings (SSSR count). The van der Waals surface area contributed by atoms with Crippen molar-refractivity contribution < 1.29 is 4.39 Å². The number of aromatic nitrogens is 3. The van der Waals surface area contributed by atoms with Crippen LogP contribution in [0.25, 0.3) is 22.2 Å². The Morgan fingerprint density at radius 1 is 1.03 bits per heavy atom. The lowest BCUT2D eigenvalue weighted by molar-refractivity contribution is 0.265. The molecule has 3 aliphatic heterocycles. The minimum absolute atomic E-state index is 0.130. The highest BCUT2D eigenvalue weighted by atomic mass is 19.1. The predicted molar refractivity (Wildman–Crippen MR) is 142 cm³/mol. The molecule has 4 aromatic rings. The summed E-state index contributed by atoms with van der Waals surface area (Å²) in [5.41, 5.74) is 13.4. The second kappa shape index (κ2) is 9.61. The second-order valence-electron chi connectivity index (χ2n) is 10.7. The molecule has 0 bridgehead atoms. The molecule has 37 heavy (non-hydrogen) atoms. The van der Waals surface area contributed by atoms with Gasteiger partial charge in [-0.15, -0.1) is 0 Å². The van der Waals surface area contributed by atoms with E-state index in [9.17, 15) is 4.39 Å². The third kappa shape index (κ3) is 4.44. The molecule has 190 valence electrons. The van der Waals surface area contributed by atoms with Gasteiger partial charge in [-0.2, -0.15) is 0 Å². The minimum atomic E-state index is -0.234. The Kier molecular flexibility index (Phi) is 5.97. The Morgan fingerprint density at radius 3 is 2.84 bits per heavy atom. The number of piperidine rings is 1. The predicted octanol–water partition coefficient (Wildman–Crippen LogP) is 4.23. The van der Waals surface area contributed by atoms with Crippen molar-refractivity contribution in [1.29, 1.82) is 0 Å². The number of aromatic amines is 1.